The van der Waals surface area contributed by atoms with Crippen LogP contribution in [0.1, 0.15) is 35.6 Å². The van der Waals surface area contributed by atoms with Gasteiger partial charge < -0.3 is 19.4 Å². The van der Waals surface area contributed by atoms with Crippen LogP contribution in [0.2, 0.25) is 0 Å². The van der Waals surface area contributed by atoms with Crippen LogP contribution in [-0.4, -0.2) is 24.2 Å². The standard InChI is InChI=1S/C18H24N2O3/c1-6-20-12(3)10-15(13(20)4)18(21)19-14-8-9-16(23-7-2)17(11-14)22-5/h8-11H,6-7H2,1-5H3,(H,19,21). The Morgan fingerprint density at radius 1 is 1.17 bits per heavy atom. The van der Waals surface area contributed by atoms with Crippen molar-refractivity contribution in [3.05, 3.63) is 41.2 Å². The van der Waals surface area contributed by atoms with E-state index in [1.807, 2.05) is 32.9 Å². The minimum absolute atomic E-state index is 0.121. The maximum Gasteiger partial charge on any atom is 0.257 e. The highest BCUT2D eigenvalue weighted by atomic mass is 16.5. The monoisotopic (exact) mass is 316 g/mol. The van der Waals surface area contributed by atoms with E-state index < -0.39 is 0 Å². The first-order valence-corrected chi connectivity index (χ1v) is 7.80. The third kappa shape index (κ3) is 3.50. The molecule has 0 atom stereocenters. The number of rotatable bonds is 6. The second kappa shape index (κ2) is 7.22. The lowest BCUT2D eigenvalue weighted by molar-refractivity contribution is 0.102. The first kappa shape index (κ1) is 16.9. The van der Waals surface area contributed by atoms with Crippen LogP contribution in [-0.2, 0) is 6.54 Å². The number of aromatic nitrogens is 1. The minimum atomic E-state index is -0.121. The minimum Gasteiger partial charge on any atom is -0.493 e. The Hall–Kier alpha value is -2.43. The second-order valence-electron chi connectivity index (χ2n) is 5.28. The summed E-state index contributed by atoms with van der Waals surface area (Å²) >= 11 is 0. The fourth-order valence-electron chi connectivity index (χ4n) is 2.74. The van der Waals surface area contributed by atoms with Gasteiger partial charge in [-0.2, -0.15) is 0 Å². The molecule has 0 saturated heterocycles. The molecule has 23 heavy (non-hydrogen) atoms. The average Bonchev–Trinajstić information content (AvgIpc) is 2.83. The Bertz CT molecular complexity index is 705. The van der Waals surface area contributed by atoms with Crippen LogP contribution in [0.4, 0.5) is 5.69 Å². The smallest absolute Gasteiger partial charge is 0.257 e. The summed E-state index contributed by atoms with van der Waals surface area (Å²) in [7, 11) is 1.58. The van der Waals surface area contributed by atoms with Crippen LogP contribution < -0.4 is 14.8 Å². The van der Waals surface area contributed by atoms with Crippen molar-refractivity contribution < 1.29 is 14.3 Å². The van der Waals surface area contributed by atoms with E-state index in [1.165, 1.54) is 0 Å². The molecule has 0 bridgehead atoms. The number of methoxy groups -OCH3 is 1. The number of anilines is 1. The predicted molar refractivity (Wildman–Crippen MR) is 91.7 cm³/mol. The van der Waals surface area contributed by atoms with Gasteiger partial charge in [-0.05, 0) is 45.9 Å². The molecule has 0 unspecified atom stereocenters. The molecule has 2 rings (SSSR count). The van der Waals surface area contributed by atoms with Crippen molar-refractivity contribution in [1.29, 1.82) is 0 Å². The van der Waals surface area contributed by atoms with E-state index in [1.54, 1.807) is 19.2 Å². The van der Waals surface area contributed by atoms with Crippen LogP contribution >= 0.6 is 0 Å². The molecule has 0 spiro atoms. The van der Waals surface area contributed by atoms with Gasteiger partial charge in [-0.15, -0.1) is 0 Å². The zero-order valence-corrected chi connectivity index (χ0v) is 14.4. The van der Waals surface area contributed by atoms with Gasteiger partial charge in [0.2, 0.25) is 0 Å². The molecule has 0 aliphatic carbocycles. The fraction of sp³-hybridized carbons (Fsp3) is 0.389. The van der Waals surface area contributed by atoms with Crippen LogP contribution in [0.25, 0.3) is 0 Å². The van der Waals surface area contributed by atoms with E-state index in [0.717, 1.165) is 17.9 Å². The molecular weight excluding hydrogens is 292 g/mol. The zero-order chi connectivity index (χ0) is 17.0. The molecule has 1 N–H and O–H groups in total. The molecular formula is C18H24N2O3. The van der Waals surface area contributed by atoms with Gasteiger partial charge in [0.15, 0.2) is 11.5 Å². The first-order valence-electron chi connectivity index (χ1n) is 7.80. The lowest BCUT2D eigenvalue weighted by Gasteiger charge is -2.12. The second-order valence-corrected chi connectivity index (χ2v) is 5.28. The van der Waals surface area contributed by atoms with Crippen molar-refractivity contribution in [1.82, 2.24) is 4.57 Å². The molecule has 5 heteroatoms. The van der Waals surface area contributed by atoms with Gasteiger partial charge >= 0.3 is 0 Å². The number of benzene rings is 1. The third-order valence-electron chi connectivity index (χ3n) is 3.86. The molecule has 0 radical (unpaired) electrons. The van der Waals surface area contributed by atoms with Crippen LogP contribution in [0.15, 0.2) is 24.3 Å². The summed E-state index contributed by atoms with van der Waals surface area (Å²) in [6.07, 6.45) is 0. The molecule has 0 saturated carbocycles. The summed E-state index contributed by atoms with van der Waals surface area (Å²) in [6.45, 7) is 9.36. The molecule has 5 nitrogen and oxygen atoms in total. The van der Waals surface area contributed by atoms with E-state index in [0.29, 0.717) is 29.4 Å². The molecule has 1 heterocycles. The number of hydrogen-bond donors (Lipinski definition) is 1. The molecule has 1 aromatic heterocycles. The van der Waals surface area contributed by atoms with Gasteiger partial charge in [0.05, 0.1) is 19.3 Å². The number of carbonyl (C=O) groups excluding carboxylic acids is 1. The lowest BCUT2D eigenvalue weighted by Crippen LogP contribution is -2.13. The van der Waals surface area contributed by atoms with E-state index in [2.05, 4.69) is 16.8 Å². The highest BCUT2D eigenvalue weighted by molar-refractivity contribution is 6.05. The van der Waals surface area contributed by atoms with Gasteiger partial charge in [-0.3, -0.25) is 4.79 Å². The Morgan fingerprint density at radius 2 is 1.91 bits per heavy atom. The summed E-state index contributed by atoms with van der Waals surface area (Å²) in [5.74, 6) is 1.14. The molecule has 0 aliphatic heterocycles. The van der Waals surface area contributed by atoms with E-state index in [-0.39, 0.29) is 5.91 Å². The Morgan fingerprint density at radius 3 is 2.48 bits per heavy atom. The van der Waals surface area contributed by atoms with E-state index in [9.17, 15) is 4.79 Å². The SMILES string of the molecule is CCOc1ccc(NC(=O)c2cc(C)n(CC)c2C)cc1OC. The zero-order valence-electron chi connectivity index (χ0n) is 14.4. The Balaban J connectivity index is 2.23. The van der Waals surface area contributed by atoms with Gasteiger partial charge in [-0.25, -0.2) is 0 Å². The van der Waals surface area contributed by atoms with Crippen molar-refractivity contribution in [2.24, 2.45) is 0 Å². The highest BCUT2D eigenvalue weighted by Crippen LogP contribution is 2.30. The van der Waals surface area contributed by atoms with Gasteiger partial charge in [0.1, 0.15) is 0 Å². The summed E-state index contributed by atoms with van der Waals surface area (Å²) < 4.78 is 12.9. The fourth-order valence-corrected chi connectivity index (χ4v) is 2.74. The molecule has 0 aliphatic rings. The normalized spacial score (nSPS) is 10.5. The topological polar surface area (TPSA) is 52.5 Å². The maximum absolute atomic E-state index is 12.5. The predicted octanol–water partition coefficient (Wildman–Crippen LogP) is 3.78. The Kier molecular flexibility index (Phi) is 5.32. The number of nitrogens with one attached hydrogen (secondary N) is 1. The maximum atomic E-state index is 12.5. The van der Waals surface area contributed by atoms with Crippen molar-refractivity contribution in [3.63, 3.8) is 0 Å². The van der Waals surface area contributed by atoms with Gasteiger partial charge in [0.25, 0.3) is 5.91 Å². The van der Waals surface area contributed by atoms with Crippen molar-refractivity contribution in [2.75, 3.05) is 19.0 Å². The summed E-state index contributed by atoms with van der Waals surface area (Å²) in [4.78, 5) is 12.5. The average molecular weight is 316 g/mol. The summed E-state index contributed by atoms with van der Waals surface area (Å²) in [6, 6.07) is 7.29. The van der Waals surface area contributed by atoms with Crippen LogP contribution in [0, 0.1) is 13.8 Å². The highest BCUT2D eigenvalue weighted by Gasteiger charge is 2.16. The number of aryl methyl sites for hydroxylation is 1. The number of nitrogens with zero attached hydrogens (tertiary/aromatic N) is 1. The Labute approximate surface area is 137 Å². The van der Waals surface area contributed by atoms with E-state index in [4.69, 9.17) is 9.47 Å². The number of ether oxygens (including phenoxy) is 2. The number of hydrogen-bond acceptors (Lipinski definition) is 3. The third-order valence-corrected chi connectivity index (χ3v) is 3.86. The van der Waals surface area contributed by atoms with Crippen LogP contribution in [0.5, 0.6) is 11.5 Å². The summed E-state index contributed by atoms with van der Waals surface area (Å²) in [5, 5.41) is 2.92. The molecule has 1 amide bonds. The van der Waals surface area contributed by atoms with Crippen molar-refractivity contribution in [2.45, 2.75) is 34.2 Å². The van der Waals surface area contributed by atoms with Crippen LogP contribution in [0.3, 0.4) is 0 Å². The van der Waals surface area contributed by atoms with Crippen molar-refractivity contribution in [3.8, 4) is 11.5 Å². The molecule has 2 aromatic rings. The quantitative estimate of drug-likeness (QED) is 0.882. The number of carbonyl (C=O) groups is 1. The van der Waals surface area contributed by atoms with Gasteiger partial charge in [0, 0.05) is 29.7 Å². The molecule has 1 aromatic carbocycles. The first-order chi connectivity index (χ1) is 11.0. The lowest BCUT2D eigenvalue weighted by atomic mass is 10.2. The van der Waals surface area contributed by atoms with Gasteiger partial charge in [-0.1, -0.05) is 0 Å². The molecule has 124 valence electrons. The largest absolute Gasteiger partial charge is 0.493 e. The molecule has 0 fully saturated rings. The summed E-state index contributed by atoms with van der Waals surface area (Å²) in [5.41, 5.74) is 3.42. The van der Waals surface area contributed by atoms with E-state index >= 15 is 0 Å². The van der Waals surface area contributed by atoms with Crippen molar-refractivity contribution >= 4 is 11.6 Å². The number of amides is 1.